The molecule has 1 aromatic carbocycles. The molecule has 1 amide bonds. The quantitative estimate of drug-likeness (QED) is 0.620. The third-order valence-electron chi connectivity index (χ3n) is 4.50. The van der Waals surface area contributed by atoms with E-state index in [1.807, 2.05) is 33.8 Å². The molecule has 0 aliphatic heterocycles. The number of anilines is 1. The van der Waals surface area contributed by atoms with Gasteiger partial charge in [-0.05, 0) is 51.5 Å². The van der Waals surface area contributed by atoms with E-state index in [0.717, 1.165) is 17.1 Å². The third kappa shape index (κ3) is 4.98. The van der Waals surface area contributed by atoms with Gasteiger partial charge < -0.3 is 15.4 Å². The van der Waals surface area contributed by atoms with Crippen molar-refractivity contribution in [2.45, 2.75) is 33.7 Å². The van der Waals surface area contributed by atoms with Crippen LogP contribution in [0.2, 0.25) is 0 Å². The number of amides is 1. The molecule has 0 radical (unpaired) electrons. The van der Waals surface area contributed by atoms with E-state index in [1.165, 1.54) is 17.9 Å². The SMILES string of the molecule is COc1ccc(C(C)NCC(=O)Nc2cc(C)nn2-c2nc(C)cc(C)n2)cc1F. The first-order valence-corrected chi connectivity index (χ1v) is 9.53. The first-order valence-electron chi connectivity index (χ1n) is 9.53. The lowest BCUT2D eigenvalue weighted by Crippen LogP contribution is -2.30. The lowest BCUT2D eigenvalue weighted by molar-refractivity contribution is -0.115. The van der Waals surface area contributed by atoms with E-state index < -0.39 is 5.82 Å². The number of ether oxygens (including phenoxy) is 1. The fraction of sp³-hybridized carbons (Fsp3) is 0.333. The van der Waals surface area contributed by atoms with Crippen LogP contribution in [-0.2, 0) is 4.79 Å². The van der Waals surface area contributed by atoms with E-state index in [4.69, 9.17) is 4.74 Å². The molecule has 2 aromatic heterocycles. The second-order valence-corrected chi connectivity index (χ2v) is 7.08. The molecule has 0 aliphatic rings. The van der Waals surface area contributed by atoms with Gasteiger partial charge in [-0.3, -0.25) is 4.79 Å². The maximum atomic E-state index is 13.9. The number of hydrogen-bond acceptors (Lipinski definition) is 6. The molecule has 0 aliphatic carbocycles. The smallest absolute Gasteiger partial charge is 0.252 e. The molecule has 3 aromatic rings. The highest BCUT2D eigenvalue weighted by atomic mass is 19.1. The molecule has 1 atom stereocenters. The maximum Gasteiger partial charge on any atom is 0.252 e. The number of nitrogens with zero attached hydrogens (tertiary/aromatic N) is 4. The van der Waals surface area contributed by atoms with Crippen LogP contribution in [0.4, 0.5) is 10.2 Å². The minimum atomic E-state index is -0.444. The summed E-state index contributed by atoms with van der Waals surface area (Å²) in [5, 5.41) is 10.3. The summed E-state index contributed by atoms with van der Waals surface area (Å²) in [6, 6.07) is 8.10. The Hall–Kier alpha value is -3.33. The molecule has 3 rings (SSSR count). The Bertz CT molecular complexity index is 1050. The molecule has 9 heteroatoms. The Morgan fingerprint density at radius 2 is 1.83 bits per heavy atom. The largest absolute Gasteiger partial charge is 0.494 e. The summed E-state index contributed by atoms with van der Waals surface area (Å²) in [7, 11) is 1.42. The van der Waals surface area contributed by atoms with E-state index in [9.17, 15) is 9.18 Å². The summed E-state index contributed by atoms with van der Waals surface area (Å²) >= 11 is 0. The van der Waals surface area contributed by atoms with Gasteiger partial charge >= 0.3 is 0 Å². The van der Waals surface area contributed by atoms with Crippen LogP contribution in [-0.4, -0.2) is 39.3 Å². The van der Waals surface area contributed by atoms with Crippen LogP contribution in [0.1, 0.15) is 35.6 Å². The normalized spacial score (nSPS) is 11.9. The maximum absolute atomic E-state index is 13.9. The van der Waals surface area contributed by atoms with Crippen molar-refractivity contribution in [2.24, 2.45) is 0 Å². The topological polar surface area (TPSA) is 94.0 Å². The summed E-state index contributed by atoms with van der Waals surface area (Å²) in [4.78, 5) is 21.3. The van der Waals surface area contributed by atoms with Gasteiger partial charge in [0.2, 0.25) is 5.91 Å². The van der Waals surface area contributed by atoms with Gasteiger partial charge in [-0.1, -0.05) is 6.07 Å². The van der Waals surface area contributed by atoms with Crippen LogP contribution in [0, 0.1) is 26.6 Å². The average molecular weight is 412 g/mol. The number of hydrogen-bond donors (Lipinski definition) is 2. The van der Waals surface area contributed by atoms with Crippen molar-refractivity contribution in [3.05, 3.63) is 58.8 Å². The minimum absolute atomic E-state index is 0.0345. The molecule has 0 saturated heterocycles. The number of aromatic nitrogens is 4. The molecule has 30 heavy (non-hydrogen) atoms. The van der Waals surface area contributed by atoms with E-state index in [-0.39, 0.29) is 24.2 Å². The predicted molar refractivity (Wildman–Crippen MR) is 111 cm³/mol. The van der Waals surface area contributed by atoms with Gasteiger partial charge in [-0.2, -0.15) is 9.78 Å². The number of rotatable bonds is 7. The van der Waals surface area contributed by atoms with Crippen LogP contribution < -0.4 is 15.4 Å². The summed E-state index contributed by atoms with van der Waals surface area (Å²) < 4.78 is 20.3. The number of aryl methyl sites for hydroxylation is 3. The van der Waals surface area contributed by atoms with Gasteiger partial charge in [0.05, 0.1) is 19.3 Å². The Labute approximate surface area is 174 Å². The van der Waals surface area contributed by atoms with Crippen molar-refractivity contribution in [1.29, 1.82) is 0 Å². The highest BCUT2D eigenvalue weighted by molar-refractivity contribution is 5.91. The molecule has 8 nitrogen and oxygen atoms in total. The average Bonchev–Trinajstić information content (AvgIpc) is 3.05. The summed E-state index contributed by atoms with van der Waals surface area (Å²) in [5.74, 6) is 0.349. The third-order valence-corrected chi connectivity index (χ3v) is 4.50. The lowest BCUT2D eigenvalue weighted by Gasteiger charge is -2.15. The standard InChI is InChI=1S/C21H25FN6O2/c1-12-8-13(2)25-21(24-12)28-19(9-14(3)27-28)26-20(29)11-23-15(4)16-6-7-18(30-5)17(22)10-16/h6-10,15,23H,11H2,1-5H3,(H,26,29). The molecule has 158 valence electrons. The van der Waals surface area contributed by atoms with E-state index >= 15 is 0 Å². The van der Waals surface area contributed by atoms with Gasteiger partial charge in [0.25, 0.3) is 5.95 Å². The van der Waals surface area contributed by atoms with Gasteiger partial charge in [0.15, 0.2) is 11.6 Å². The summed E-state index contributed by atoms with van der Waals surface area (Å²) in [6.45, 7) is 7.46. The second kappa shape index (κ2) is 9.00. The van der Waals surface area contributed by atoms with E-state index in [0.29, 0.717) is 17.3 Å². The summed E-state index contributed by atoms with van der Waals surface area (Å²) in [5.41, 5.74) is 3.06. The van der Waals surface area contributed by atoms with Crippen molar-refractivity contribution >= 4 is 11.7 Å². The zero-order chi connectivity index (χ0) is 21.8. The van der Waals surface area contributed by atoms with Gasteiger partial charge in [-0.15, -0.1) is 0 Å². The van der Waals surface area contributed by atoms with Crippen molar-refractivity contribution in [3.8, 4) is 11.7 Å². The van der Waals surface area contributed by atoms with Crippen LogP contribution in [0.3, 0.4) is 0 Å². The number of halogens is 1. The Kier molecular flexibility index (Phi) is 6.41. The molecule has 0 spiro atoms. The zero-order valence-electron chi connectivity index (χ0n) is 17.7. The second-order valence-electron chi connectivity index (χ2n) is 7.08. The molecule has 2 N–H and O–H groups in total. The van der Waals surface area contributed by atoms with Crippen LogP contribution >= 0.6 is 0 Å². The van der Waals surface area contributed by atoms with E-state index in [1.54, 1.807) is 18.2 Å². The Balaban J connectivity index is 1.67. The van der Waals surface area contributed by atoms with Crippen LogP contribution in [0.5, 0.6) is 5.75 Å². The lowest BCUT2D eigenvalue weighted by atomic mass is 10.1. The molecular weight excluding hydrogens is 387 g/mol. The zero-order valence-corrected chi connectivity index (χ0v) is 17.7. The minimum Gasteiger partial charge on any atom is -0.494 e. The van der Waals surface area contributed by atoms with Gasteiger partial charge in [0.1, 0.15) is 5.82 Å². The number of nitrogens with one attached hydrogen (secondary N) is 2. The molecular formula is C21H25FN6O2. The molecule has 1 unspecified atom stereocenters. The first kappa shape index (κ1) is 21.4. The van der Waals surface area contributed by atoms with Crippen molar-refractivity contribution in [3.63, 3.8) is 0 Å². The van der Waals surface area contributed by atoms with Crippen molar-refractivity contribution < 1.29 is 13.9 Å². The van der Waals surface area contributed by atoms with Gasteiger partial charge in [0, 0.05) is 23.5 Å². The molecule has 0 fully saturated rings. The van der Waals surface area contributed by atoms with Crippen LogP contribution in [0.15, 0.2) is 30.3 Å². The molecule has 0 bridgehead atoms. The monoisotopic (exact) mass is 412 g/mol. The highest BCUT2D eigenvalue weighted by Gasteiger charge is 2.15. The highest BCUT2D eigenvalue weighted by Crippen LogP contribution is 2.21. The number of benzene rings is 1. The fourth-order valence-electron chi connectivity index (χ4n) is 3.05. The van der Waals surface area contributed by atoms with Crippen LogP contribution in [0.25, 0.3) is 5.95 Å². The summed E-state index contributed by atoms with van der Waals surface area (Å²) in [6.07, 6.45) is 0. The van der Waals surface area contributed by atoms with Crippen molar-refractivity contribution in [1.82, 2.24) is 25.1 Å². The van der Waals surface area contributed by atoms with E-state index in [2.05, 4.69) is 25.7 Å². The molecule has 0 saturated carbocycles. The number of carbonyl (C=O) groups excluding carboxylic acids is 1. The number of methoxy groups -OCH3 is 1. The molecule has 2 heterocycles. The first-order chi connectivity index (χ1) is 14.3. The Morgan fingerprint density at radius 3 is 2.47 bits per heavy atom. The predicted octanol–water partition coefficient (Wildman–Crippen LogP) is 3.02. The van der Waals surface area contributed by atoms with Crippen molar-refractivity contribution in [2.75, 3.05) is 19.0 Å². The fourth-order valence-corrected chi connectivity index (χ4v) is 3.05. The Morgan fingerprint density at radius 1 is 1.13 bits per heavy atom. The number of carbonyl (C=O) groups is 1. The van der Waals surface area contributed by atoms with Gasteiger partial charge in [-0.25, -0.2) is 14.4 Å².